The number of hydrogen-bond acceptors (Lipinski definition) is 1. The highest BCUT2D eigenvalue weighted by molar-refractivity contribution is 5.64. The first-order valence-corrected chi connectivity index (χ1v) is 13.8. The molecule has 1 heteroatoms. The lowest BCUT2D eigenvalue weighted by Crippen LogP contribution is -2.28. The highest BCUT2D eigenvalue weighted by atomic mass is 16.1. The van der Waals surface area contributed by atoms with Gasteiger partial charge in [-0.25, -0.2) is 0 Å². The average Bonchev–Trinajstić information content (AvgIpc) is 2.89. The lowest BCUT2D eigenvalue weighted by Gasteiger charge is -2.36. The van der Waals surface area contributed by atoms with Crippen LogP contribution in [-0.4, -0.2) is 6.29 Å². The third-order valence-corrected chi connectivity index (χ3v) is 8.89. The van der Waals surface area contributed by atoms with E-state index < -0.39 is 0 Å². The van der Waals surface area contributed by atoms with Crippen LogP contribution >= 0.6 is 0 Å². The Balaban J connectivity index is 1.33. The molecule has 2 aliphatic rings. The molecule has 0 unspecified atom stereocenters. The molecule has 0 spiro atoms. The van der Waals surface area contributed by atoms with Crippen LogP contribution in [0.3, 0.4) is 0 Å². The van der Waals surface area contributed by atoms with E-state index in [2.05, 4.69) is 62.4 Å². The summed E-state index contributed by atoms with van der Waals surface area (Å²) in [6.07, 6.45) is 17.6. The van der Waals surface area contributed by atoms with Gasteiger partial charge in [0, 0.05) is 5.41 Å². The first-order valence-electron chi connectivity index (χ1n) is 13.8. The molecule has 0 amide bonds. The molecule has 2 aromatic carbocycles. The van der Waals surface area contributed by atoms with E-state index in [0.717, 1.165) is 50.4 Å². The molecule has 0 radical (unpaired) electrons. The van der Waals surface area contributed by atoms with Crippen molar-refractivity contribution in [2.75, 3.05) is 0 Å². The van der Waals surface area contributed by atoms with E-state index in [-0.39, 0.29) is 5.41 Å². The molecule has 0 bridgehead atoms. The van der Waals surface area contributed by atoms with Gasteiger partial charge in [-0.1, -0.05) is 88.1 Å². The monoisotopic (exact) mass is 444 g/mol. The van der Waals surface area contributed by atoms with Crippen LogP contribution < -0.4 is 0 Å². The van der Waals surface area contributed by atoms with E-state index in [1.165, 1.54) is 73.5 Å². The zero-order valence-corrected chi connectivity index (χ0v) is 21.0. The van der Waals surface area contributed by atoms with E-state index in [0.29, 0.717) is 5.92 Å². The fourth-order valence-electron chi connectivity index (χ4n) is 6.62. The van der Waals surface area contributed by atoms with E-state index in [1.54, 1.807) is 0 Å². The maximum Gasteiger partial charge on any atom is 0.126 e. The van der Waals surface area contributed by atoms with Crippen LogP contribution in [0.1, 0.15) is 120 Å². The number of unbranched alkanes of at least 4 members (excludes halogenated alkanes) is 1. The lowest BCUT2D eigenvalue weighted by molar-refractivity contribution is -0.118. The summed E-state index contributed by atoms with van der Waals surface area (Å²) in [5.74, 6) is 2.35. The molecule has 33 heavy (non-hydrogen) atoms. The van der Waals surface area contributed by atoms with Crippen LogP contribution in [0, 0.1) is 11.3 Å². The van der Waals surface area contributed by atoms with E-state index in [1.807, 2.05) is 0 Å². The molecule has 2 aromatic rings. The van der Waals surface area contributed by atoms with Gasteiger partial charge in [-0.3, -0.25) is 0 Å². The van der Waals surface area contributed by atoms with Gasteiger partial charge in [0.1, 0.15) is 6.29 Å². The number of hydrogen-bond donors (Lipinski definition) is 0. The molecule has 0 heterocycles. The standard InChI is InChI=1S/C32H44O/c1-3-5-6-25-7-9-26(10-8-25)27-11-13-28(14-12-27)29-15-17-30(18-16-29)31-19-22-32(24-33,21-4-2)23-20-31/h11-18,24-26,31H,3-10,19-23H2,1-2H3. The summed E-state index contributed by atoms with van der Waals surface area (Å²) in [4.78, 5) is 11.7. The molecule has 0 atom stereocenters. The Morgan fingerprint density at radius 2 is 1.24 bits per heavy atom. The van der Waals surface area contributed by atoms with Crippen molar-refractivity contribution in [3.63, 3.8) is 0 Å². The first kappa shape index (κ1) is 24.2. The second-order valence-corrected chi connectivity index (χ2v) is 11.1. The van der Waals surface area contributed by atoms with Gasteiger partial charge in [0.2, 0.25) is 0 Å². The summed E-state index contributed by atoms with van der Waals surface area (Å²) < 4.78 is 0. The van der Waals surface area contributed by atoms with Gasteiger partial charge in [0.05, 0.1) is 0 Å². The van der Waals surface area contributed by atoms with Crippen LogP contribution in [0.4, 0.5) is 0 Å². The number of aldehydes is 1. The SMILES string of the molecule is CCCCC1CCC(c2ccc(-c3ccc(C4CCC(C=O)(CCC)CC4)cc3)cc2)CC1. The quantitative estimate of drug-likeness (QED) is 0.352. The molecule has 178 valence electrons. The van der Waals surface area contributed by atoms with Gasteiger partial charge in [-0.2, -0.15) is 0 Å². The van der Waals surface area contributed by atoms with Crippen molar-refractivity contribution >= 4 is 6.29 Å². The minimum absolute atomic E-state index is 0.0400. The Hall–Kier alpha value is -1.89. The Morgan fingerprint density at radius 3 is 1.70 bits per heavy atom. The summed E-state index contributed by atoms with van der Waals surface area (Å²) in [5.41, 5.74) is 5.59. The summed E-state index contributed by atoms with van der Waals surface area (Å²) in [7, 11) is 0. The number of carbonyl (C=O) groups excluding carboxylic acids is 1. The van der Waals surface area contributed by atoms with Crippen LogP contribution in [0.25, 0.3) is 11.1 Å². The van der Waals surface area contributed by atoms with Gasteiger partial charge in [-0.05, 0) is 97.8 Å². The van der Waals surface area contributed by atoms with Gasteiger partial charge < -0.3 is 4.79 Å². The van der Waals surface area contributed by atoms with E-state index in [4.69, 9.17) is 0 Å². The molecule has 2 aliphatic carbocycles. The average molecular weight is 445 g/mol. The molecule has 0 aliphatic heterocycles. The smallest absolute Gasteiger partial charge is 0.126 e. The first-order chi connectivity index (χ1) is 16.2. The molecule has 1 nitrogen and oxygen atoms in total. The Morgan fingerprint density at radius 1 is 0.727 bits per heavy atom. The van der Waals surface area contributed by atoms with Gasteiger partial charge >= 0.3 is 0 Å². The second kappa shape index (κ2) is 11.5. The zero-order valence-electron chi connectivity index (χ0n) is 21.0. The summed E-state index contributed by atoms with van der Waals surface area (Å²) >= 11 is 0. The number of carbonyl (C=O) groups is 1. The molecule has 2 saturated carbocycles. The van der Waals surface area contributed by atoms with E-state index in [9.17, 15) is 4.79 Å². The van der Waals surface area contributed by atoms with Gasteiger partial charge in [0.15, 0.2) is 0 Å². The van der Waals surface area contributed by atoms with Gasteiger partial charge in [-0.15, -0.1) is 0 Å². The van der Waals surface area contributed by atoms with Gasteiger partial charge in [0.25, 0.3) is 0 Å². The van der Waals surface area contributed by atoms with Crippen LogP contribution in [0.15, 0.2) is 48.5 Å². The van der Waals surface area contributed by atoms with Crippen LogP contribution in [0.5, 0.6) is 0 Å². The van der Waals surface area contributed by atoms with Crippen LogP contribution in [0.2, 0.25) is 0 Å². The Kier molecular flexibility index (Phi) is 8.45. The highest BCUT2D eigenvalue weighted by Crippen LogP contribution is 2.45. The zero-order chi connectivity index (χ0) is 23.1. The Bertz CT molecular complexity index is 846. The number of rotatable bonds is 9. The van der Waals surface area contributed by atoms with Crippen molar-refractivity contribution in [3.05, 3.63) is 59.7 Å². The van der Waals surface area contributed by atoms with Crippen molar-refractivity contribution in [1.29, 1.82) is 0 Å². The molecule has 2 fully saturated rings. The molecular weight excluding hydrogens is 400 g/mol. The normalized spacial score (nSPS) is 27.9. The molecule has 0 N–H and O–H groups in total. The third-order valence-electron chi connectivity index (χ3n) is 8.89. The number of benzene rings is 2. The predicted molar refractivity (Wildman–Crippen MR) is 141 cm³/mol. The minimum atomic E-state index is -0.0400. The van der Waals surface area contributed by atoms with Crippen molar-refractivity contribution in [2.24, 2.45) is 11.3 Å². The minimum Gasteiger partial charge on any atom is -0.303 e. The second-order valence-electron chi connectivity index (χ2n) is 11.1. The van der Waals surface area contributed by atoms with Crippen molar-refractivity contribution in [1.82, 2.24) is 0 Å². The highest BCUT2D eigenvalue weighted by Gasteiger charge is 2.34. The topological polar surface area (TPSA) is 17.1 Å². The fraction of sp³-hybridized carbons (Fsp3) is 0.594. The lowest BCUT2D eigenvalue weighted by atomic mass is 9.68. The van der Waals surface area contributed by atoms with Crippen LogP contribution in [-0.2, 0) is 4.79 Å². The summed E-state index contributed by atoms with van der Waals surface area (Å²) in [6.45, 7) is 4.50. The maximum atomic E-state index is 11.7. The largest absolute Gasteiger partial charge is 0.303 e. The molecule has 4 rings (SSSR count). The third kappa shape index (κ3) is 5.97. The maximum absolute atomic E-state index is 11.7. The molecule has 0 saturated heterocycles. The van der Waals surface area contributed by atoms with Crippen molar-refractivity contribution in [2.45, 2.75) is 109 Å². The van der Waals surface area contributed by atoms with Crippen molar-refractivity contribution < 1.29 is 4.79 Å². The Labute approximate surface area is 202 Å². The fourth-order valence-corrected chi connectivity index (χ4v) is 6.62. The van der Waals surface area contributed by atoms with Crippen molar-refractivity contribution in [3.8, 4) is 11.1 Å². The summed E-state index contributed by atoms with van der Waals surface area (Å²) in [6, 6.07) is 18.7. The summed E-state index contributed by atoms with van der Waals surface area (Å²) in [5, 5.41) is 0. The molecular formula is C32H44O. The predicted octanol–water partition coefficient (Wildman–Crippen LogP) is 9.46. The molecule has 0 aromatic heterocycles. The van der Waals surface area contributed by atoms with E-state index >= 15 is 0 Å².